The van der Waals surface area contributed by atoms with Crippen molar-refractivity contribution in [3.05, 3.63) is 26.8 Å². The summed E-state index contributed by atoms with van der Waals surface area (Å²) < 4.78 is 79.1. The van der Waals surface area contributed by atoms with Crippen molar-refractivity contribution in [3.8, 4) is 5.75 Å². The summed E-state index contributed by atoms with van der Waals surface area (Å²) >= 11 is 1.20. The molecule has 0 aliphatic heterocycles. The second-order valence-electron chi connectivity index (χ2n) is 3.03. The molecular weight excluding hydrogens is 365 g/mol. The molecule has 0 saturated carbocycles. The van der Waals surface area contributed by atoms with E-state index in [0.717, 1.165) is 13.2 Å². The molecule has 1 aromatic carbocycles. The van der Waals surface area contributed by atoms with Crippen LogP contribution >= 0.6 is 22.6 Å². The predicted octanol–water partition coefficient (Wildman–Crippen LogP) is 4.34. The first-order valence-corrected chi connectivity index (χ1v) is 5.17. The molecule has 0 fully saturated rings. The van der Waals surface area contributed by atoms with Crippen molar-refractivity contribution in [2.24, 2.45) is 0 Å². The smallest absolute Gasteiger partial charge is 0.418 e. The van der Waals surface area contributed by atoms with Crippen molar-refractivity contribution in [3.63, 3.8) is 0 Å². The van der Waals surface area contributed by atoms with Crippen LogP contribution in [0.3, 0.4) is 0 Å². The van der Waals surface area contributed by atoms with Crippen LogP contribution in [0.2, 0.25) is 0 Å². The summed E-state index contributed by atoms with van der Waals surface area (Å²) in [6.45, 7) is 0. The highest BCUT2D eigenvalue weighted by molar-refractivity contribution is 14.1. The Morgan fingerprint density at radius 2 is 1.53 bits per heavy atom. The van der Waals surface area contributed by atoms with Gasteiger partial charge in [-0.05, 0) is 34.7 Å². The van der Waals surface area contributed by atoms with Gasteiger partial charge >= 0.3 is 12.4 Å². The Labute approximate surface area is 106 Å². The lowest BCUT2D eigenvalue weighted by atomic mass is 10.1. The van der Waals surface area contributed by atoms with E-state index in [4.69, 9.17) is 0 Å². The molecule has 0 spiro atoms. The molecule has 0 heterocycles. The number of ether oxygens (including phenoxy) is 1. The first-order valence-electron chi connectivity index (χ1n) is 4.09. The van der Waals surface area contributed by atoms with E-state index in [1.54, 1.807) is 0 Å². The Morgan fingerprint density at radius 3 is 1.88 bits per heavy atom. The normalized spacial score (nSPS) is 12.7. The third-order valence-corrected chi connectivity index (χ3v) is 2.74. The number of hydrogen-bond acceptors (Lipinski definition) is 1. The molecule has 0 unspecified atom stereocenters. The predicted molar refractivity (Wildman–Crippen MR) is 55.7 cm³/mol. The van der Waals surface area contributed by atoms with E-state index >= 15 is 0 Å². The molecule has 0 bridgehead atoms. The van der Waals surface area contributed by atoms with Gasteiger partial charge in [-0.2, -0.15) is 26.3 Å². The van der Waals surface area contributed by atoms with Gasteiger partial charge in [-0.25, -0.2) is 0 Å². The van der Waals surface area contributed by atoms with Gasteiger partial charge in [0.2, 0.25) is 0 Å². The summed E-state index contributed by atoms with van der Waals surface area (Å²) in [4.78, 5) is 0. The largest absolute Gasteiger partial charge is 0.497 e. The molecule has 1 rings (SSSR count). The number of rotatable bonds is 1. The Balaban J connectivity index is 3.58. The van der Waals surface area contributed by atoms with Gasteiger partial charge in [-0.3, -0.25) is 0 Å². The molecular formula is C9H5F6IO. The minimum atomic E-state index is -5.08. The lowest BCUT2D eigenvalue weighted by molar-refractivity contribution is -0.162. The zero-order valence-electron chi connectivity index (χ0n) is 8.21. The molecule has 0 aliphatic rings. The Bertz CT molecular complexity index is 423. The fourth-order valence-corrected chi connectivity index (χ4v) is 2.11. The summed E-state index contributed by atoms with van der Waals surface area (Å²) in [6.07, 6.45) is -10.1. The SMILES string of the molecule is COc1cc(I)c(C(F)(F)F)c(C(F)(F)F)c1. The van der Waals surface area contributed by atoms with Gasteiger partial charge in [-0.15, -0.1) is 0 Å². The number of methoxy groups -OCH3 is 1. The van der Waals surface area contributed by atoms with Crippen LogP contribution in [0.15, 0.2) is 12.1 Å². The third-order valence-electron chi connectivity index (χ3n) is 1.89. The van der Waals surface area contributed by atoms with Crippen LogP contribution in [-0.4, -0.2) is 7.11 Å². The minimum Gasteiger partial charge on any atom is -0.497 e. The second-order valence-corrected chi connectivity index (χ2v) is 4.19. The van der Waals surface area contributed by atoms with Crippen molar-refractivity contribution in [1.82, 2.24) is 0 Å². The first-order chi connectivity index (χ1) is 7.57. The molecule has 0 radical (unpaired) electrons. The van der Waals surface area contributed by atoms with E-state index in [-0.39, 0.29) is 5.75 Å². The Morgan fingerprint density at radius 1 is 1.00 bits per heavy atom. The molecule has 0 aromatic heterocycles. The van der Waals surface area contributed by atoms with Gasteiger partial charge in [0, 0.05) is 3.57 Å². The van der Waals surface area contributed by atoms with Crippen molar-refractivity contribution in [2.45, 2.75) is 12.4 Å². The van der Waals surface area contributed by atoms with Crippen LogP contribution in [0.5, 0.6) is 5.75 Å². The number of alkyl halides is 6. The van der Waals surface area contributed by atoms with Gasteiger partial charge in [0.15, 0.2) is 0 Å². The summed E-state index contributed by atoms with van der Waals surface area (Å²) in [5.41, 5.74) is -3.43. The second kappa shape index (κ2) is 4.54. The van der Waals surface area contributed by atoms with Crippen molar-refractivity contribution < 1.29 is 31.1 Å². The monoisotopic (exact) mass is 370 g/mol. The molecule has 0 amide bonds. The number of halogens is 7. The molecule has 96 valence electrons. The van der Waals surface area contributed by atoms with Crippen LogP contribution in [0, 0.1) is 3.57 Å². The van der Waals surface area contributed by atoms with Crippen LogP contribution in [0.4, 0.5) is 26.3 Å². The summed E-state index contributed by atoms with van der Waals surface area (Å²) in [7, 11) is 1.08. The van der Waals surface area contributed by atoms with Gasteiger partial charge in [0.05, 0.1) is 18.2 Å². The maximum atomic E-state index is 12.5. The summed E-state index contributed by atoms with van der Waals surface area (Å²) in [6, 6.07) is 1.24. The van der Waals surface area contributed by atoms with Crippen LogP contribution in [0.25, 0.3) is 0 Å². The Kier molecular flexibility index (Phi) is 3.84. The van der Waals surface area contributed by atoms with E-state index in [1.165, 1.54) is 22.6 Å². The fraction of sp³-hybridized carbons (Fsp3) is 0.333. The van der Waals surface area contributed by atoms with Gasteiger partial charge in [-0.1, -0.05) is 0 Å². The maximum Gasteiger partial charge on any atom is 0.418 e. The quantitative estimate of drug-likeness (QED) is 0.528. The molecule has 1 aromatic rings. The highest BCUT2D eigenvalue weighted by Gasteiger charge is 2.45. The van der Waals surface area contributed by atoms with E-state index in [0.29, 0.717) is 6.07 Å². The van der Waals surface area contributed by atoms with E-state index < -0.39 is 27.0 Å². The standard InChI is InChI=1S/C9H5F6IO/c1-17-4-2-5(8(10,11)12)7(6(16)3-4)9(13,14)15/h2-3H,1H3. The average molecular weight is 370 g/mol. The molecule has 0 N–H and O–H groups in total. The fourth-order valence-electron chi connectivity index (χ4n) is 1.21. The van der Waals surface area contributed by atoms with Gasteiger partial charge < -0.3 is 4.74 Å². The van der Waals surface area contributed by atoms with Crippen molar-refractivity contribution in [2.75, 3.05) is 7.11 Å². The van der Waals surface area contributed by atoms with E-state index in [1.807, 2.05) is 0 Å². The molecule has 1 nitrogen and oxygen atoms in total. The number of hydrogen-bond donors (Lipinski definition) is 0. The van der Waals surface area contributed by atoms with Gasteiger partial charge in [0.1, 0.15) is 5.75 Å². The van der Waals surface area contributed by atoms with E-state index in [9.17, 15) is 26.3 Å². The summed E-state index contributed by atoms with van der Waals surface area (Å²) in [5.74, 6) is -0.269. The summed E-state index contributed by atoms with van der Waals surface area (Å²) in [5, 5.41) is 0. The van der Waals surface area contributed by atoms with Crippen LogP contribution < -0.4 is 4.74 Å². The van der Waals surface area contributed by atoms with E-state index in [2.05, 4.69) is 4.74 Å². The van der Waals surface area contributed by atoms with Crippen LogP contribution in [0.1, 0.15) is 11.1 Å². The minimum absolute atomic E-state index is 0.269. The third kappa shape index (κ3) is 3.17. The topological polar surface area (TPSA) is 9.23 Å². The zero-order valence-corrected chi connectivity index (χ0v) is 10.4. The molecule has 0 aliphatic carbocycles. The highest BCUT2D eigenvalue weighted by Crippen LogP contribution is 2.44. The molecule has 0 saturated heterocycles. The zero-order chi connectivity index (χ0) is 13.4. The number of benzene rings is 1. The van der Waals surface area contributed by atoms with Crippen molar-refractivity contribution >= 4 is 22.6 Å². The molecule has 17 heavy (non-hydrogen) atoms. The molecule has 8 heteroatoms. The first kappa shape index (κ1) is 14.4. The maximum absolute atomic E-state index is 12.5. The molecule has 0 atom stereocenters. The van der Waals surface area contributed by atoms with Crippen molar-refractivity contribution in [1.29, 1.82) is 0 Å². The highest BCUT2D eigenvalue weighted by atomic mass is 127. The van der Waals surface area contributed by atoms with Crippen LogP contribution in [-0.2, 0) is 12.4 Å². The Hall–Kier alpha value is -0.670. The lowest BCUT2D eigenvalue weighted by Crippen LogP contribution is -2.18. The average Bonchev–Trinajstić information content (AvgIpc) is 2.12. The van der Waals surface area contributed by atoms with Gasteiger partial charge in [0.25, 0.3) is 0 Å². The lowest BCUT2D eigenvalue weighted by Gasteiger charge is -2.18.